The van der Waals surface area contributed by atoms with Crippen molar-refractivity contribution in [3.8, 4) is 112 Å². The number of alkyl halides is 3. The molecule has 6 heterocycles. The van der Waals surface area contributed by atoms with Crippen LogP contribution >= 0.6 is 0 Å². The average molecular weight is 1190 g/mol. The molecule has 10 aromatic carbocycles. The summed E-state index contributed by atoms with van der Waals surface area (Å²) >= 11 is 0. The standard InChI is InChI=1S/C82H50F3N7/c1-86-80-75(91-76-48-56(60-36-40-87-71(44-60)52-16-6-2-7-17-52)26-30-65(76)66-31-27-57(49-77(66)91)61-37-41-88-72(45-61)53-18-8-3-9-19-53)35-34-69(64-24-14-15-25-70(64)82(83,84)85)81(80)92-78-50-58(62-38-42-89-73(46-62)54-20-10-4-11-21-54)28-32-67(78)68-33-29-59(51-79(68)92)63-39-43-90-74(47-63)55-22-12-5-13-23-55/h2-51H. The molecule has 0 radical (unpaired) electrons. The maximum Gasteiger partial charge on any atom is 0.417 e. The zero-order valence-corrected chi connectivity index (χ0v) is 49.1. The number of halogens is 3. The van der Waals surface area contributed by atoms with Gasteiger partial charge in [-0.3, -0.25) is 19.9 Å². The fourth-order valence-corrected chi connectivity index (χ4v) is 13.0. The zero-order valence-electron chi connectivity index (χ0n) is 49.1. The molecule has 0 fully saturated rings. The van der Waals surface area contributed by atoms with Crippen LogP contribution in [0, 0.1) is 6.57 Å². The molecule has 0 unspecified atom stereocenters. The third-order valence-electron chi connectivity index (χ3n) is 17.4. The zero-order chi connectivity index (χ0) is 61.9. The summed E-state index contributed by atoms with van der Waals surface area (Å²) < 4.78 is 51.7. The molecule has 0 N–H and O–H groups in total. The summed E-state index contributed by atoms with van der Waals surface area (Å²) in [5.41, 5.74) is 17.4. The van der Waals surface area contributed by atoms with Gasteiger partial charge in [-0.25, -0.2) is 4.85 Å². The number of pyridine rings is 4. The summed E-state index contributed by atoms with van der Waals surface area (Å²) in [5.74, 6) is 0. The Kier molecular flexibility index (Phi) is 13.6. The van der Waals surface area contributed by atoms with Crippen molar-refractivity contribution in [2.24, 2.45) is 0 Å². The molecule has 0 amide bonds. The molecule has 0 aliphatic heterocycles. The first-order valence-corrected chi connectivity index (χ1v) is 30.2. The van der Waals surface area contributed by atoms with Gasteiger partial charge in [0, 0.05) is 68.6 Å². The van der Waals surface area contributed by atoms with Crippen LogP contribution < -0.4 is 0 Å². The van der Waals surface area contributed by atoms with Gasteiger partial charge in [0.15, 0.2) is 0 Å². The van der Waals surface area contributed by atoms with Crippen molar-refractivity contribution in [2.75, 3.05) is 0 Å². The topological polar surface area (TPSA) is 65.8 Å². The first-order valence-electron chi connectivity index (χ1n) is 30.2. The van der Waals surface area contributed by atoms with Gasteiger partial charge < -0.3 is 9.13 Å². The van der Waals surface area contributed by atoms with Crippen molar-refractivity contribution in [2.45, 2.75) is 6.18 Å². The van der Waals surface area contributed by atoms with Gasteiger partial charge in [0.2, 0.25) is 5.69 Å². The Morgan fingerprint density at radius 1 is 0.293 bits per heavy atom. The van der Waals surface area contributed by atoms with E-state index in [0.29, 0.717) is 16.7 Å². The van der Waals surface area contributed by atoms with Crippen LogP contribution in [0.3, 0.4) is 0 Å². The Labute approximate surface area is 527 Å². The quantitative estimate of drug-likeness (QED) is 0.121. The van der Waals surface area contributed by atoms with Crippen molar-refractivity contribution in [1.82, 2.24) is 29.1 Å². The van der Waals surface area contributed by atoms with Gasteiger partial charge in [-0.05, 0) is 141 Å². The Hall–Kier alpha value is -12.3. The Bertz CT molecular complexity index is 5300. The maximum absolute atomic E-state index is 15.8. The van der Waals surface area contributed by atoms with Crippen molar-refractivity contribution in [1.29, 1.82) is 0 Å². The summed E-state index contributed by atoms with van der Waals surface area (Å²) in [6.07, 6.45) is 2.47. The van der Waals surface area contributed by atoms with Gasteiger partial charge in [0.05, 0.1) is 68.4 Å². The Morgan fingerprint density at radius 3 is 0.946 bits per heavy atom. The molecule has 0 atom stereocenters. The van der Waals surface area contributed by atoms with Crippen LogP contribution in [0.1, 0.15) is 5.56 Å². The van der Waals surface area contributed by atoms with Crippen LogP contribution in [0.15, 0.2) is 304 Å². The molecular weight excluding hydrogens is 1140 g/mol. The molecule has 16 rings (SSSR count). The third kappa shape index (κ3) is 9.82. The molecule has 16 aromatic rings. The molecule has 0 spiro atoms. The van der Waals surface area contributed by atoms with E-state index >= 15 is 13.2 Å². The van der Waals surface area contributed by atoms with Crippen molar-refractivity contribution >= 4 is 49.3 Å². The fraction of sp³-hybridized carbons (Fsp3) is 0.0122. The predicted molar refractivity (Wildman–Crippen MR) is 366 cm³/mol. The lowest BCUT2D eigenvalue weighted by Gasteiger charge is -2.22. The number of aromatic nitrogens is 6. The average Bonchev–Trinajstić information content (AvgIpc) is 1.53. The minimum absolute atomic E-state index is 0.0670. The summed E-state index contributed by atoms with van der Waals surface area (Å²) in [7, 11) is 0. The van der Waals surface area contributed by atoms with Gasteiger partial charge in [-0.1, -0.05) is 194 Å². The van der Waals surface area contributed by atoms with E-state index in [1.807, 2.05) is 169 Å². The molecule has 434 valence electrons. The minimum Gasteiger partial charge on any atom is -0.319 e. The minimum atomic E-state index is -4.76. The monoisotopic (exact) mass is 1190 g/mol. The highest BCUT2D eigenvalue weighted by atomic mass is 19.4. The number of hydrogen-bond acceptors (Lipinski definition) is 4. The number of rotatable bonds is 11. The van der Waals surface area contributed by atoms with E-state index in [-0.39, 0.29) is 22.5 Å². The van der Waals surface area contributed by atoms with Crippen molar-refractivity contribution in [3.63, 3.8) is 0 Å². The number of benzene rings is 10. The summed E-state index contributed by atoms with van der Waals surface area (Å²) in [6.45, 7) is 9.68. The highest BCUT2D eigenvalue weighted by molar-refractivity contribution is 6.15. The van der Waals surface area contributed by atoms with Gasteiger partial charge in [-0.15, -0.1) is 0 Å². The molecule has 6 aromatic heterocycles. The van der Waals surface area contributed by atoms with Crippen LogP contribution in [0.2, 0.25) is 0 Å². The van der Waals surface area contributed by atoms with Crippen molar-refractivity contribution < 1.29 is 13.2 Å². The molecule has 0 saturated heterocycles. The molecule has 92 heavy (non-hydrogen) atoms. The lowest BCUT2D eigenvalue weighted by molar-refractivity contribution is -0.137. The normalized spacial score (nSPS) is 11.6. The van der Waals surface area contributed by atoms with E-state index in [1.165, 1.54) is 12.1 Å². The second-order valence-corrected chi connectivity index (χ2v) is 22.8. The smallest absolute Gasteiger partial charge is 0.319 e. The lowest BCUT2D eigenvalue weighted by Crippen LogP contribution is -2.09. The summed E-state index contributed by atoms with van der Waals surface area (Å²) in [4.78, 5) is 23.7. The third-order valence-corrected chi connectivity index (χ3v) is 17.4. The van der Waals surface area contributed by atoms with Crippen LogP contribution in [0.5, 0.6) is 0 Å². The van der Waals surface area contributed by atoms with Gasteiger partial charge in [0.25, 0.3) is 0 Å². The largest absolute Gasteiger partial charge is 0.417 e. The van der Waals surface area contributed by atoms with Crippen LogP contribution in [0.25, 0.3) is 160 Å². The van der Waals surface area contributed by atoms with Crippen LogP contribution in [0.4, 0.5) is 18.9 Å². The molecule has 0 saturated carbocycles. The maximum atomic E-state index is 15.8. The van der Waals surface area contributed by atoms with E-state index < -0.39 is 11.7 Å². The fourth-order valence-electron chi connectivity index (χ4n) is 13.0. The predicted octanol–water partition coefficient (Wildman–Crippen LogP) is 22.0. The lowest BCUT2D eigenvalue weighted by atomic mass is 9.95. The van der Waals surface area contributed by atoms with Crippen LogP contribution in [-0.2, 0) is 6.18 Å². The number of fused-ring (bicyclic) bond motifs is 6. The van der Waals surface area contributed by atoms with E-state index in [2.05, 4.69) is 106 Å². The van der Waals surface area contributed by atoms with E-state index in [9.17, 15) is 6.57 Å². The molecule has 10 heteroatoms. The highest BCUT2D eigenvalue weighted by Gasteiger charge is 2.35. The number of nitrogens with zero attached hydrogens (tertiary/aromatic N) is 7. The number of hydrogen-bond donors (Lipinski definition) is 0. The molecule has 7 nitrogen and oxygen atoms in total. The highest BCUT2D eigenvalue weighted by Crippen LogP contribution is 2.50. The van der Waals surface area contributed by atoms with E-state index in [4.69, 9.17) is 19.9 Å². The molecule has 0 aliphatic carbocycles. The van der Waals surface area contributed by atoms with Gasteiger partial charge in [-0.2, -0.15) is 13.2 Å². The first-order chi connectivity index (χ1) is 45.2. The summed E-state index contributed by atoms with van der Waals surface area (Å²) in [5, 5.41) is 3.52. The molecule has 0 bridgehead atoms. The van der Waals surface area contributed by atoms with Crippen molar-refractivity contribution in [3.05, 3.63) is 321 Å². The van der Waals surface area contributed by atoms with Gasteiger partial charge >= 0.3 is 6.18 Å². The van der Waals surface area contributed by atoms with Crippen LogP contribution in [-0.4, -0.2) is 29.1 Å². The Morgan fingerprint density at radius 2 is 0.609 bits per heavy atom. The SMILES string of the molecule is [C-]#[N+]c1c(-n2c3cc(-c4ccnc(-c5ccccc5)c4)ccc3c3ccc(-c4ccnc(-c5ccccc5)c4)cc32)ccc(-c2ccccc2C(F)(F)F)c1-n1c2cc(-c3ccnc(-c4ccccc4)c3)ccc2c2ccc(-c3ccnc(-c4ccccc4)c3)cc21. The second kappa shape index (κ2) is 22.7. The van der Waals surface area contributed by atoms with E-state index in [1.54, 1.807) is 24.5 Å². The van der Waals surface area contributed by atoms with Gasteiger partial charge in [0.1, 0.15) is 0 Å². The molecular formula is C82H50F3N7. The Balaban J connectivity index is 1.01. The summed E-state index contributed by atoms with van der Waals surface area (Å²) in [6, 6.07) is 90.8. The van der Waals surface area contributed by atoms with E-state index in [0.717, 1.165) is 128 Å². The second-order valence-electron chi connectivity index (χ2n) is 22.8. The molecule has 0 aliphatic rings. The first kappa shape index (κ1) is 55.0.